The van der Waals surface area contributed by atoms with Crippen molar-refractivity contribution in [2.45, 2.75) is 6.92 Å². The summed E-state index contributed by atoms with van der Waals surface area (Å²) in [6.45, 7) is 2.02. The van der Waals surface area contributed by atoms with Crippen molar-refractivity contribution in [2.75, 3.05) is 17.7 Å². The lowest BCUT2D eigenvalue weighted by molar-refractivity contribution is 1.12. The number of aromatic nitrogens is 2. The van der Waals surface area contributed by atoms with E-state index in [-0.39, 0.29) is 5.95 Å². The highest BCUT2D eigenvalue weighted by Gasteiger charge is 2.16. The quantitative estimate of drug-likeness (QED) is 0.785. The van der Waals surface area contributed by atoms with Crippen LogP contribution in [-0.2, 0) is 0 Å². The number of aryl methyl sites for hydroxylation is 1. The fourth-order valence-corrected chi connectivity index (χ4v) is 3.15. The number of hydrogen-bond acceptors (Lipinski definition) is 6. The molecule has 0 radical (unpaired) electrons. The van der Waals surface area contributed by atoms with E-state index in [9.17, 15) is 5.26 Å². The number of nitrogens with zero attached hydrogens (tertiary/aromatic N) is 4. The second-order valence-electron chi connectivity index (χ2n) is 4.67. The van der Waals surface area contributed by atoms with Gasteiger partial charge < -0.3 is 10.6 Å². The standard InChI is InChI=1S/C15H13N5S/c1-9-7-11-13(18-15(17)19-14(11)21-9)20(2)12-6-4-3-5-10(12)8-16/h3-7H,1-2H3,(H2,17,18,19). The Bertz CT molecular complexity index is 862. The molecule has 0 amide bonds. The van der Waals surface area contributed by atoms with Crippen molar-refractivity contribution in [3.8, 4) is 6.07 Å². The van der Waals surface area contributed by atoms with Crippen molar-refractivity contribution in [2.24, 2.45) is 0 Å². The van der Waals surface area contributed by atoms with Crippen LogP contribution in [0.5, 0.6) is 0 Å². The zero-order chi connectivity index (χ0) is 15.0. The number of para-hydroxylation sites is 1. The average Bonchev–Trinajstić information content (AvgIpc) is 2.85. The predicted octanol–water partition coefficient (Wildman–Crippen LogP) is 3.22. The molecule has 0 fully saturated rings. The largest absolute Gasteiger partial charge is 0.368 e. The van der Waals surface area contributed by atoms with Gasteiger partial charge in [0.2, 0.25) is 5.95 Å². The van der Waals surface area contributed by atoms with E-state index in [1.54, 1.807) is 17.4 Å². The van der Waals surface area contributed by atoms with Crippen LogP contribution >= 0.6 is 11.3 Å². The maximum absolute atomic E-state index is 9.25. The maximum atomic E-state index is 9.25. The van der Waals surface area contributed by atoms with E-state index in [4.69, 9.17) is 5.73 Å². The number of fused-ring (bicyclic) bond motifs is 1. The molecule has 0 aliphatic carbocycles. The zero-order valence-electron chi connectivity index (χ0n) is 11.7. The fourth-order valence-electron chi connectivity index (χ4n) is 2.27. The van der Waals surface area contributed by atoms with Gasteiger partial charge in [-0.3, -0.25) is 0 Å². The van der Waals surface area contributed by atoms with Crippen LogP contribution in [0.25, 0.3) is 10.2 Å². The molecule has 0 aliphatic rings. The lowest BCUT2D eigenvalue weighted by atomic mass is 10.1. The molecule has 21 heavy (non-hydrogen) atoms. The second-order valence-corrected chi connectivity index (χ2v) is 5.90. The van der Waals surface area contributed by atoms with Crippen molar-refractivity contribution in [1.82, 2.24) is 9.97 Å². The number of nitrogen functional groups attached to an aromatic ring is 1. The van der Waals surface area contributed by atoms with Crippen LogP contribution in [0.3, 0.4) is 0 Å². The average molecular weight is 295 g/mol. The molecule has 2 aromatic heterocycles. The third kappa shape index (κ3) is 2.28. The molecule has 5 nitrogen and oxygen atoms in total. The molecule has 0 spiro atoms. The summed E-state index contributed by atoms with van der Waals surface area (Å²) in [5, 5.41) is 10.2. The molecule has 0 atom stereocenters. The molecule has 2 heterocycles. The third-order valence-electron chi connectivity index (χ3n) is 3.22. The highest BCUT2D eigenvalue weighted by molar-refractivity contribution is 7.18. The van der Waals surface area contributed by atoms with E-state index in [1.807, 2.05) is 43.1 Å². The predicted molar refractivity (Wildman–Crippen MR) is 85.8 cm³/mol. The Hall–Kier alpha value is -2.65. The Morgan fingerprint density at radius 2 is 2.05 bits per heavy atom. The van der Waals surface area contributed by atoms with Crippen molar-refractivity contribution in [3.05, 3.63) is 40.8 Å². The molecule has 0 saturated heterocycles. The number of rotatable bonds is 2. The van der Waals surface area contributed by atoms with Crippen molar-refractivity contribution in [3.63, 3.8) is 0 Å². The van der Waals surface area contributed by atoms with Gasteiger partial charge in [0.05, 0.1) is 16.6 Å². The SMILES string of the molecule is Cc1cc2c(N(C)c3ccccc3C#N)nc(N)nc2s1. The summed E-state index contributed by atoms with van der Waals surface area (Å²) in [6, 6.07) is 11.7. The van der Waals surface area contributed by atoms with Gasteiger partial charge in [-0.25, -0.2) is 4.98 Å². The Labute approximate surface area is 126 Å². The van der Waals surface area contributed by atoms with Gasteiger partial charge in [-0.05, 0) is 25.1 Å². The lowest BCUT2D eigenvalue weighted by Gasteiger charge is -2.20. The summed E-state index contributed by atoms with van der Waals surface area (Å²) in [7, 11) is 1.88. The summed E-state index contributed by atoms with van der Waals surface area (Å²) in [5.41, 5.74) is 7.20. The van der Waals surface area contributed by atoms with E-state index in [0.717, 1.165) is 20.8 Å². The highest BCUT2D eigenvalue weighted by Crippen LogP contribution is 2.34. The van der Waals surface area contributed by atoms with Crippen molar-refractivity contribution < 1.29 is 0 Å². The molecule has 6 heteroatoms. The fraction of sp³-hybridized carbons (Fsp3) is 0.133. The van der Waals surface area contributed by atoms with E-state index in [1.165, 1.54) is 0 Å². The number of benzene rings is 1. The van der Waals surface area contributed by atoms with Gasteiger partial charge in [0.25, 0.3) is 0 Å². The first-order valence-corrected chi connectivity index (χ1v) is 7.18. The number of thiophene rings is 1. The first-order chi connectivity index (χ1) is 10.1. The van der Waals surface area contributed by atoms with Gasteiger partial charge in [-0.1, -0.05) is 12.1 Å². The van der Waals surface area contributed by atoms with E-state index in [2.05, 4.69) is 16.0 Å². The summed E-state index contributed by atoms with van der Waals surface area (Å²) >= 11 is 1.58. The highest BCUT2D eigenvalue weighted by atomic mass is 32.1. The number of nitrogens with two attached hydrogens (primary N) is 1. The van der Waals surface area contributed by atoms with Crippen LogP contribution in [0.1, 0.15) is 10.4 Å². The van der Waals surface area contributed by atoms with Gasteiger partial charge in [0.1, 0.15) is 16.7 Å². The Morgan fingerprint density at radius 3 is 2.81 bits per heavy atom. The topological polar surface area (TPSA) is 78.8 Å². The minimum atomic E-state index is 0.237. The summed E-state index contributed by atoms with van der Waals surface area (Å²) in [4.78, 5) is 12.5. The molecule has 0 unspecified atom stereocenters. The summed E-state index contributed by atoms with van der Waals surface area (Å²) in [5.74, 6) is 0.949. The molecular formula is C15H13N5S. The van der Waals surface area contributed by atoms with E-state index >= 15 is 0 Å². The maximum Gasteiger partial charge on any atom is 0.223 e. The summed E-state index contributed by atoms with van der Waals surface area (Å²) < 4.78 is 0. The lowest BCUT2D eigenvalue weighted by Crippen LogP contribution is -2.14. The van der Waals surface area contributed by atoms with E-state index < -0.39 is 0 Å². The van der Waals surface area contributed by atoms with Gasteiger partial charge in [-0.15, -0.1) is 11.3 Å². The first kappa shape index (κ1) is 13.3. The normalized spacial score (nSPS) is 10.5. The van der Waals surface area contributed by atoms with Crippen molar-refractivity contribution in [1.29, 1.82) is 5.26 Å². The minimum Gasteiger partial charge on any atom is -0.368 e. The molecule has 0 bridgehead atoms. The van der Waals surface area contributed by atoms with Gasteiger partial charge in [0, 0.05) is 11.9 Å². The van der Waals surface area contributed by atoms with E-state index in [0.29, 0.717) is 11.4 Å². The summed E-state index contributed by atoms with van der Waals surface area (Å²) in [6.07, 6.45) is 0. The van der Waals surface area contributed by atoms with Gasteiger partial charge in [0.15, 0.2) is 0 Å². The molecule has 2 N–H and O–H groups in total. The monoisotopic (exact) mass is 295 g/mol. The van der Waals surface area contributed by atoms with Gasteiger partial charge >= 0.3 is 0 Å². The Kier molecular flexibility index (Phi) is 3.20. The van der Waals surface area contributed by atoms with Gasteiger partial charge in [-0.2, -0.15) is 10.2 Å². The molecule has 0 saturated carbocycles. The number of hydrogen-bond donors (Lipinski definition) is 1. The molecule has 1 aromatic carbocycles. The molecule has 3 rings (SSSR count). The first-order valence-electron chi connectivity index (χ1n) is 6.36. The van der Waals surface area contributed by atoms with Crippen molar-refractivity contribution >= 4 is 39.0 Å². The van der Waals surface area contributed by atoms with Crippen LogP contribution in [0, 0.1) is 18.3 Å². The third-order valence-corrected chi connectivity index (χ3v) is 4.16. The Balaban J connectivity index is 2.22. The van der Waals surface area contributed by atoms with Crippen LogP contribution in [-0.4, -0.2) is 17.0 Å². The minimum absolute atomic E-state index is 0.237. The Morgan fingerprint density at radius 1 is 1.29 bits per heavy atom. The second kappa shape index (κ2) is 5.04. The zero-order valence-corrected chi connectivity index (χ0v) is 12.5. The molecule has 0 aliphatic heterocycles. The smallest absolute Gasteiger partial charge is 0.223 e. The molecular weight excluding hydrogens is 282 g/mol. The molecule has 3 aromatic rings. The number of nitriles is 1. The van der Waals surface area contributed by atoms with Crippen LogP contribution in [0.15, 0.2) is 30.3 Å². The molecule has 104 valence electrons. The van der Waals surface area contributed by atoms with Crippen LogP contribution < -0.4 is 10.6 Å². The van der Waals surface area contributed by atoms with Crippen LogP contribution in [0.2, 0.25) is 0 Å². The number of anilines is 3. The van der Waals surface area contributed by atoms with Crippen LogP contribution in [0.4, 0.5) is 17.5 Å².